The number of sulfonamides is 1. The van der Waals surface area contributed by atoms with E-state index in [-0.39, 0.29) is 5.56 Å². The molecular formula is C19H23F3N2O2S. The van der Waals surface area contributed by atoms with E-state index in [1.807, 2.05) is 0 Å². The maximum atomic E-state index is 12.9. The van der Waals surface area contributed by atoms with Gasteiger partial charge in [-0.05, 0) is 68.7 Å². The molecule has 0 radical (unpaired) electrons. The number of alkyl halides is 3. The summed E-state index contributed by atoms with van der Waals surface area (Å²) < 4.78 is 65.1. The zero-order valence-corrected chi connectivity index (χ0v) is 16.4. The van der Waals surface area contributed by atoms with Crippen molar-refractivity contribution in [1.82, 2.24) is 0 Å². The van der Waals surface area contributed by atoms with Crippen molar-refractivity contribution in [2.75, 3.05) is 10.0 Å². The summed E-state index contributed by atoms with van der Waals surface area (Å²) in [6.07, 6.45) is -4.37. The van der Waals surface area contributed by atoms with Gasteiger partial charge in [0.05, 0.1) is 10.8 Å². The first-order valence-electron chi connectivity index (χ1n) is 8.43. The Kier molecular flexibility index (Phi) is 6.09. The molecular weight excluding hydrogens is 377 g/mol. The van der Waals surface area contributed by atoms with Crippen molar-refractivity contribution < 1.29 is 21.6 Å². The van der Waals surface area contributed by atoms with Crippen molar-refractivity contribution >= 4 is 21.4 Å². The lowest BCUT2D eigenvalue weighted by Crippen LogP contribution is -2.22. The lowest BCUT2D eigenvalue weighted by atomic mass is 10.0. The Morgan fingerprint density at radius 2 is 1.56 bits per heavy atom. The molecule has 2 aromatic carbocycles. The number of hydrogen-bond acceptors (Lipinski definition) is 3. The summed E-state index contributed by atoms with van der Waals surface area (Å²) in [7, 11) is -3.40. The van der Waals surface area contributed by atoms with Crippen molar-refractivity contribution in [3.05, 3.63) is 58.7 Å². The molecule has 2 rings (SSSR count). The Hall–Kier alpha value is -2.22. The lowest BCUT2D eigenvalue weighted by Gasteiger charge is -2.17. The summed E-state index contributed by atoms with van der Waals surface area (Å²) in [4.78, 5) is 0. The van der Waals surface area contributed by atoms with Gasteiger partial charge in [-0.25, -0.2) is 8.42 Å². The average Bonchev–Trinajstić information content (AvgIpc) is 2.56. The highest BCUT2D eigenvalue weighted by Gasteiger charge is 2.33. The summed E-state index contributed by atoms with van der Waals surface area (Å²) in [5.41, 5.74) is 2.09. The monoisotopic (exact) mass is 400 g/mol. The van der Waals surface area contributed by atoms with Crippen LogP contribution in [0.15, 0.2) is 36.4 Å². The second-order valence-corrected chi connectivity index (χ2v) is 8.89. The van der Waals surface area contributed by atoms with Crippen LogP contribution in [0.5, 0.6) is 0 Å². The molecule has 0 fully saturated rings. The van der Waals surface area contributed by atoms with Crippen molar-refractivity contribution in [2.45, 2.75) is 45.7 Å². The van der Waals surface area contributed by atoms with E-state index in [0.29, 0.717) is 23.5 Å². The molecule has 2 N–H and O–H groups in total. The van der Waals surface area contributed by atoms with Gasteiger partial charge in [0.25, 0.3) is 0 Å². The van der Waals surface area contributed by atoms with Crippen LogP contribution in [0.1, 0.15) is 36.1 Å². The molecule has 0 aliphatic heterocycles. The molecule has 0 spiro atoms. The Labute approximate surface area is 157 Å². The predicted molar refractivity (Wildman–Crippen MR) is 102 cm³/mol. The number of benzene rings is 2. The predicted octanol–water partition coefficient (Wildman–Crippen LogP) is 5.08. The molecule has 0 aliphatic rings. The Morgan fingerprint density at radius 3 is 2.07 bits per heavy atom. The van der Waals surface area contributed by atoms with Crippen LogP contribution in [0.25, 0.3) is 0 Å². The Bertz CT molecular complexity index is 906. The van der Waals surface area contributed by atoms with E-state index in [9.17, 15) is 21.6 Å². The maximum Gasteiger partial charge on any atom is 0.416 e. The van der Waals surface area contributed by atoms with Crippen LogP contribution in [0, 0.1) is 13.8 Å². The molecule has 0 unspecified atom stereocenters. The first-order chi connectivity index (χ1) is 12.4. The van der Waals surface area contributed by atoms with Gasteiger partial charge in [0, 0.05) is 17.9 Å². The molecule has 148 valence electrons. The van der Waals surface area contributed by atoms with Gasteiger partial charge in [-0.1, -0.05) is 12.1 Å². The Balaban J connectivity index is 2.08. The second kappa shape index (κ2) is 7.80. The van der Waals surface area contributed by atoms with E-state index in [1.165, 1.54) is 13.0 Å². The van der Waals surface area contributed by atoms with Gasteiger partial charge in [-0.3, -0.25) is 4.72 Å². The molecule has 0 saturated carbocycles. The highest BCUT2D eigenvalue weighted by molar-refractivity contribution is 7.93. The molecule has 0 amide bonds. The standard InChI is InChI=1S/C19H23F3N2O2S/c1-12(2)27(25,26)24-16-7-5-15(6-8-16)11-23-18-10-9-17(19(20,21)22)13(3)14(18)4/h5-10,12,23-24H,11H2,1-4H3. The van der Waals surface area contributed by atoms with Crippen molar-refractivity contribution in [1.29, 1.82) is 0 Å². The molecule has 0 aromatic heterocycles. The van der Waals surface area contributed by atoms with Crippen LogP contribution in [-0.2, 0) is 22.7 Å². The molecule has 0 heterocycles. The quantitative estimate of drug-likeness (QED) is 0.711. The van der Waals surface area contributed by atoms with Gasteiger partial charge < -0.3 is 5.32 Å². The number of hydrogen-bond donors (Lipinski definition) is 2. The third-order valence-corrected chi connectivity index (χ3v) is 6.17. The van der Waals surface area contributed by atoms with Gasteiger partial charge in [0.15, 0.2) is 0 Å². The van der Waals surface area contributed by atoms with Crippen LogP contribution in [0.2, 0.25) is 0 Å². The molecule has 27 heavy (non-hydrogen) atoms. The fraction of sp³-hybridized carbons (Fsp3) is 0.368. The summed E-state index contributed by atoms with van der Waals surface area (Å²) in [6, 6.07) is 9.34. The van der Waals surface area contributed by atoms with Gasteiger partial charge in [0.2, 0.25) is 10.0 Å². The molecule has 0 bridgehead atoms. The normalized spacial score (nSPS) is 12.3. The summed E-state index contributed by atoms with van der Waals surface area (Å²) in [6.45, 7) is 6.70. The van der Waals surface area contributed by atoms with E-state index in [0.717, 1.165) is 11.6 Å². The fourth-order valence-electron chi connectivity index (χ4n) is 2.49. The van der Waals surface area contributed by atoms with E-state index in [1.54, 1.807) is 45.0 Å². The summed E-state index contributed by atoms with van der Waals surface area (Å²) in [5.74, 6) is 0. The van der Waals surface area contributed by atoms with Crippen molar-refractivity contribution in [2.24, 2.45) is 0 Å². The lowest BCUT2D eigenvalue weighted by molar-refractivity contribution is -0.138. The summed E-state index contributed by atoms with van der Waals surface area (Å²) in [5, 5.41) is 2.59. The maximum absolute atomic E-state index is 12.9. The third-order valence-electron chi connectivity index (χ3n) is 4.41. The third kappa shape index (κ3) is 5.15. The first kappa shape index (κ1) is 21.1. The average molecular weight is 400 g/mol. The number of halogens is 3. The Morgan fingerprint density at radius 1 is 0.963 bits per heavy atom. The van der Waals surface area contributed by atoms with Crippen LogP contribution in [0.3, 0.4) is 0 Å². The number of rotatable bonds is 6. The molecule has 0 saturated heterocycles. The van der Waals surface area contributed by atoms with Gasteiger partial charge in [-0.2, -0.15) is 13.2 Å². The smallest absolute Gasteiger partial charge is 0.381 e. The van der Waals surface area contributed by atoms with Gasteiger partial charge in [-0.15, -0.1) is 0 Å². The molecule has 0 atom stereocenters. The van der Waals surface area contributed by atoms with E-state index in [2.05, 4.69) is 10.0 Å². The topological polar surface area (TPSA) is 58.2 Å². The molecule has 0 aliphatic carbocycles. The van der Waals surface area contributed by atoms with Crippen LogP contribution in [0.4, 0.5) is 24.5 Å². The SMILES string of the molecule is Cc1c(NCc2ccc(NS(=O)(=O)C(C)C)cc2)ccc(C(F)(F)F)c1C. The van der Waals surface area contributed by atoms with Crippen molar-refractivity contribution in [3.8, 4) is 0 Å². The minimum absolute atomic E-state index is 0.200. The zero-order valence-electron chi connectivity index (χ0n) is 15.6. The van der Waals surface area contributed by atoms with Crippen LogP contribution in [-0.4, -0.2) is 13.7 Å². The largest absolute Gasteiger partial charge is 0.416 e. The van der Waals surface area contributed by atoms with E-state index < -0.39 is 27.0 Å². The first-order valence-corrected chi connectivity index (χ1v) is 9.98. The van der Waals surface area contributed by atoms with Crippen molar-refractivity contribution in [3.63, 3.8) is 0 Å². The zero-order chi connectivity index (χ0) is 20.4. The van der Waals surface area contributed by atoms with Gasteiger partial charge >= 0.3 is 6.18 Å². The van der Waals surface area contributed by atoms with Crippen LogP contribution < -0.4 is 10.0 Å². The number of nitrogens with one attached hydrogen (secondary N) is 2. The van der Waals surface area contributed by atoms with E-state index >= 15 is 0 Å². The number of anilines is 2. The minimum Gasteiger partial charge on any atom is -0.381 e. The second-order valence-electron chi connectivity index (χ2n) is 6.65. The van der Waals surface area contributed by atoms with E-state index in [4.69, 9.17) is 0 Å². The molecule has 8 heteroatoms. The highest BCUT2D eigenvalue weighted by Crippen LogP contribution is 2.35. The summed E-state index contributed by atoms with van der Waals surface area (Å²) >= 11 is 0. The fourth-order valence-corrected chi connectivity index (χ4v) is 3.19. The van der Waals surface area contributed by atoms with Crippen LogP contribution >= 0.6 is 0 Å². The highest BCUT2D eigenvalue weighted by atomic mass is 32.2. The van der Waals surface area contributed by atoms with Gasteiger partial charge in [0.1, 0.15) is 0 Å². The minimum atomic E-state index is -4.37. The molecule has 2 aromatic rings. The molecule has 4 nitrogen and oxygen atoms in total.